The van der Waals surface area contributed by atoms with E-state index in [1.165, 1.54) is 12.1 Å². The molecule has 0 spiro atoms. The van der Waals surface area contributed by atoms with Gasteiger partial charge in [0.25, 0.3) is 5.24 Å². The molecule has 0 fully saturated rings. The molecule has 0 unspecified atom stereocenters. The number of halogens is 3. The lowest BCUT2D eigenvalue weighted by Gasteiger charge is -2.16. The van der Waals surface area contributed by atoms with E-state index in [1.807, 2.05) is 97.1 Å². The zero-order valence-corrected chi connectivity index (χ0v) is 35.3. The third-order valence-corrected chi connectivity index (χ3v) is 9.71. The van der Waals surface area contributed by atoms with Crippen molar-refractivity contribution in [1.29, 1.82) is 0 Å². The Kier molecular flexibility index (Phi) is 16.6. The van der Waals surface area contributed by atoms with Crippen molar-refractivity contribution in [3.63, 3.8) is 0 Å². The zero-order valence-electron chi connectivity index (χ0n) is 33.0. The van der Waals surface area contributed by atoms with E-state index in [9.17, 15) is 14.7 Å². The standard InChI is InChI=1S/C23H20Cl2O5.C23H21ClO6/c2*1-27-17-7-3-15(4-8-17)13-29-20-12-11-19(23(25)26)21(24)22(20)30-14-16-5-9-18(28-2)10-6-16/h3-12H,13-14H2,1-2H3;3-12H,13-14H2,1-2H3,(H,25,26). The van der Waals surface area contributed by atoms with Gasteiger partial charge in [-0.3, -0.25) is 4.79 Å². The van der Waals surface area contributed by atoms with Crippen molar-refractivity contribution < 1.29 is 52.6 Å². The molecule has 1 N–H and O–H groups in total. The number of methoxy groups -OCH3 is 4. The minimum Gasteiger partial charge on any atom is -0.497 e. The molecule has 6 rings (SSSR count). The van der Waals surface area contributed by atoms with Crippen LogP contribution in [-0.2, 0) is 26.4 Å². The first-order chi connectivity index (χ1) is 29.0. The summed E-state index contributed by atoms with van der Waals surface area (Å²) < 4.78 is 44.2. The predicted molar refractivity (Wildman–Crippen MR) is 229 cm³/mol. The Morgan fingerprint density at radius 1 is 0.433 bits per heavy atom. The van der Waals surface area contributed by atoms with Crippen LogP contribution in [0.15, 0.2) is 121 Å². The first-order valence-electron chi connectivity index (χ1n) is 18.1. The maximum absolute atomic E-state index is 11.7. The van der Waals surface area contributed by atoms with Crippen LogP contribution in [0.4, 0.5) is 0 Å². The highest BCUT2D eigenvalue weighted by atomic mass is 35.5. The van der Waals surface area contributed by atoms with Gasteiger partial charge >= 0.3 is 5.97 Å². The van der Waals surface area contributed by atoms with Crippen molar-refractivity contribution in [2.75, 3.05) is 28.4 Å². The van der Waals surface area contributed by atoms with Gasteiger partial charge in [-0.25, -0.2) is 4.79 Å². The highest BCUT2D eigenvalue weighted by Gasteiger charge is 2.20. The molecule has 6 aromatic rings. The molecule has 0 amide bonds. The molecule has 6 aromatic carbocycles. The van der Waals surface area contributed by atoms with Gasteiger partial charge in [-0.15, -0.1) is 0 Å². The zero-order chi connectivity index (χ0) is 43.0. The van der Waals surface area contributed by atoms with E-state index in [-0.39, 0.29) is 59.1 Å². The highest BCUT2D eigenvalue weighted by molar-refractivity contribution is 6.68. The van der Waals surface area contributed by atoms with Gasteiger partial charge in [0.05, 0.1) is 44.6 Å². The molecule has 0 heterocycles. The number of carbonyl (C=O) groups is 2. The van der Waals surface area contributed by atoms with Crippen LogP contribution in [0, 0.1) is 0 Å². The fourth-order valence-electron chi connectivity index (χ4n) is 5.41. The van der Waals surface area contributed by atoms with Gasteiger partial charge in [-0.05, 0) is 107 Å². The van der Waals surface area contributed by atoms with Crippen molar-refractivity contribution in [3.8, 4) is 46.0 Å². The summed E-state index contributed by atoms with van der Waals surface area (Å²) >= 11 is 18.4. The van der Waals surface area contributed by atoms with Gasteiger partial charge in [0.15, 0.2) is 23.0 Å². The molecule has 0 saturated heterocycles. The summed E-state index contributed by atoms with van der Waals surface area (Å²) in [7, 11) is 6.41. The summed E-state index contributed by atoms with van der Waals surface area (Å²) in [6.45, 7) is 0.952. The van der Waals surface area contributed by atoms with Gasteiger partial charge in [0, 0.05) is 0 Å². The highest BCUT2D eigenvalue weighted by Crippen LogP contribution is 2.40. The first-order valence-corrected chi connectivity index (χ1v) is 19.3. The lowest BCUT2D eigenvalue weighted by Crippen LogP contribution is -2.05. The number of ether oxygens (including phenoxy) is 8. The molecule has 0 radical (unpaired) electrons. The summed E-state index contributed by atoms with van der Waals surface area (Å²) in [6.07, 6.45) is 0. The summed E-state index contributed by atoms with van der Waals surface area (Å²) in [5.41, 5.74) is 3.71. The normalized spacial score (nSPS) is 10.4. The molecule has 0 bridgehead atoms. The second-order valence-electron chi connectivity index (χ2n) is 12.6. The molecule has 312 valence electrons. The molecule has 11 nitrogen and oxygen atoms in total. The second kappa shape index (κ2) is 22.2. The van der Waals surface area contributed by atoms with Crippen LogP contribution in [-0.4, -0.2) is 44.8 Å². The van der Waals surface area contributed by atoms with Crippen molar-refractivity contribution in [2.45, 2.75) is 26.4 Å². The van der Waals surface area contributed by atoms with Crippen LogP contribution in [0.25, 0.3) is 0 Å². The van der Waals surface area contributed by atoms with Crippen LogP contribution >= 0.6 is 34.8 Å². The van der Waals surface area contributed by atoms with Gasteiger partial charge in [-0.1, -0.05) is 71.7 Å². The first kappa shape index (κ1) is 44.8. The van der Waals surface area contributed by atoms with Crippen LogP contribution in [0.5, 0.6) is 46.0 Å². The molecule has 14 heteroatoms. The Morgan fingerprint density at radius 2 is 0.717 bits per heavy atom. The number of carboxylic acid groups (broad SMARTS) is 1. The van der Waals surface area contributed by atoms with Crippen molar-refractivity contribution in [1.82, 2.24) is 0 Å². The van der Waals surface area contributed by atoms with Crippen LogP contribution in [0.1, 0.15) is 43.0 Å². The van der Waals surface area contributed by atoms with E-state index < -0.39 is 11.2 Å². The quantitative estimate of drug-likeness (QED) is 0.0829. The largest absolute Gasteiger partial charge is 0.497 e. The minimum atomic E-state index is -1.14. The molecular formula is C46H41Cl3O11. The predicted octanol–water partition coefficient (Wildman–Crippen LogP) is 11.1. The van der Waals surface area contributed by atoms with Crippen LogP contribution in [0.3, 0.4) is 0 Å². The summed E-state index contributed by atoms with van der Waals surface area (Å²) in [5.74, 6) is 3.04. The van der Waals surface area contributed by atoms with E-state index in [0.717, 1.165) is 45.3 Å². The number of hydrogen-bond donors (Lipinski definition) is 1. The Balaban J connectivity index is 0.000000228. The smallest absolute Gasteiger partial charge is 0.337 e. The molecule has 0 aliphatic heterocycles. The molecule has 60 heavy (non-hydrogen) atoms. The average molecular weight is 876 g/mol. The van der Waals surface area contributed by atoms with E-state index >= 15 is 0 Å². The fourth-order valence-corrected chi connectivity index (χ4v) is 6.20. The maximum Gasteiger partial charge on any atom is 0.337 e. The molecule has 0 atom stereocenters. The van der Waals surface area contributed by atoms with Crippen LogP contribution in [0.2, 0.25) is 10.0 Å². The van der Waals surface area contributed by atoms with Gasteiger partial charge in [0.1, 0.15) is 54.4 Å². The fraction of sp³-hybridized carbons (Fsp3) is 0.174. The average Bonchev–Trinajstić information content (AvgIpc) is 3.27. The third-order valence-electron chi connectivity index (χ3n) is 8.76. The topological polar surface area (TPSA) is 128 Å². The summed E-state index contributed by atoms with van der Waals surface area (Å²) in [4.78, 5) is 23.1. The number of carboxylic acids is 1. The molecular weight excluding hydrogens is 835 g/mol. The lowest BCUT2D eigenvalue weighted by molar-refractivity contribution is 0.0696. The number of rotatable bonds is 18. The second-order valence-corrected chi connectivity index (χ2v) is 13.7. The van der Waals surface area contributed by atoms with E-state index in [4.69, 9.17) is 72.7 Å². The summed E-state index contributed by atoms with van der Waals surface area (Å²) in [5, 5.41) is 8.80. The van der Waals surface area contributed by atoms with E-state index in [0.29, 0.717) is 11.5 Å². The Hall–Kier alpha value is -6.27. The van der Waals surface area contributed by atoms with Gasteiger partial charge < -0.3 is 43.0 Å². The van der Waals surface area contributed by atoms with Gasteiger partial charge in [0.2, 0.25) is 0 Å². The third kappa shape index (κ3) is 12.4. The molecule has 0 aliphatic rings. The maximum atomic E-state index is 11.7. The Morgan fingerprint density at radius 3 is 1.00 bits per heavy atom. The van der Waals surface area contributed by atoms with E-state index in [1.54, 1.807) is 40.6 Å². The van der Waals surface area contributed by atoms with Crippen molar-refractivity contribution >= 4 is 46.0 Å². The molecule has 0 aliphatic carbocycles. The number of carbonyl (C=O) groups excluding carboxylic acids is 1. The molecule has 0 saturated carbocycles. The lowest BCUT2D eigenvalue weighted by atomic mass is 10.2. The Bertz CT molecular complexity index is 2170. The number of benzene rings is 6. The summed E-state index contributed by atoms with van der Waals surface area (Å²) in [6, 6.07) is 35.7. The SMILES string of the molecule is COc1ccc(COc2ccc(C(=O)Cl)c(Cl)c2OCc2ccc(OC)cc2)cc1.COc1ccc(COc2ccc(C(=O)O)c(Cl)c2OCc2ccc(OC)cc2)cc1. The van der Waals surface area contributed by atoms with E-state index in [2.05, 4.69) is 0 Å². The minimum absolute atomic E-state index is 0.0109. The van der Waals surface area contributed by atoms with Gasteiger partial charge in [-0.2, -0.15) is 0 Å². The number of aromatic carboxylic acids is 1. The Labute approximate surface area is 362 Å². The van der Waals surface area contributed by atoms with Crippen molar-refractivity contribution in [3.05, 3.63) is 165 Å². The van der Waals surface area contributed by atoms with Crippen molar-refractivity contribution in [2.24, 2.45) is 0 Å². The molecule has 0 aromatic heterocycles. The number of hydrogen-bond acceptors (Lipinski definition) is 10. The van der Waals surface area contributed by atoms with Crippen LogP contribution < -0.4 is 37.9 Å². The monoisotopic (exact) mass is 874 g/mol.